The third kappa shape index (κ3) is 4.20. The largest absolute Gasteiger partial charge is 0.477 e. The second-order valence-corrected chi connectivity index (χ2v) is 5.23. The number of alkyl halides is 1. The number of halogens is 1. The van der Waals surface area contributed by atoms with Gasteiger partial charge in [-0.3, -0.25) is 4.79 Å². The number of nitrogens with one attached hydrogen (secondary N) is 2. The molecule has 1 aromatic carbocycles. The number of nitrogens with zero attached hydrogens (tertiary/aromatic N) is 2. The second kappa shape index (κ2) is 8.05. The van der Waals surface area contributed by atoms with Crippen LogP contribution in [0.4, 0.5) is 10.1 Å². The van der Waals surface area contributed by atoms with Gasteiger partial charge in [0, 0.05) is 18.7 Å². The van der Waals surface area contributed by atoms with Crippen LogP contribution < -0.4 is 10.1 Å². The van der Waals surface area contributed by atoms with Crippen LogP contribution in [0.5, 0.6) is 5.88 Å². The Bertz CT molecular complexity index is 877. The van der Waals surface area contributed by atoms with Gasteiger partial charge < -0.3 is 15.0 Å². The van der Waals surface area contributed by atoms with E-state index in [9.17, 15) is 9.18 Å². The smallest absolute Gasteiger partial charge is 0.248 e. The first-order chi connectivity index (χ1) is 12.3. The summed E-state index contributed by atoms with van der Waals surface area (Å²) in [5.41, 5.74) is 2.19. The Morgan fingerprint density at radius 1 is 1.28 bits per heavy atom. The number of allylic oxidation sites excluding steroid dienone is 1. The van der Waals surface area contributed by atoms with Gasteiger partial charge in [-0.15, -0.1) is 0 Å². The average Bonchev–Trinajstić information content (AvgIpc) is 3.05. The van der Waals surface area contributed by atoms with Crippen LogP contribution in [-0.2, 0) is 11.2 Å². The van der Waals surface area contributed by atoms with Crippen LogP contribution >= 0.6 is 0 Å². The molecule has 0 aliphatic carbocycles. The van der Waals surface area contributed by atoms with Crippen molar-refractivity contribution < 1.29 is 13.9 Å². The molecule has 0 unspecified atom stereocenters. The van der Waals surface area contributed by atoms with Crippen molar-refractivity contribution in [2.75, 3.05) is 18.6 Å². The summed E-state index contributed by atoms with van der Waals surface area (Å²) in [5, 5.41) is 3.25. The number of hydrogen-bond donors (Lipinski definition) is 2. The fourth-order valence-corrected chi connectivity index (χ4v) is 2.38. The molecule has 1 amide bonds. The van der Waals surface area contributed by atoms with Gasteiger partial charge in [0.25, 0.3) is 0 Å². The molecular formula is C18H17FN4O2. The summed E-state index contributed by atoms with van der Waals surface area (Å²) in [6, 6.07) is 9.96. The van der Waals surface area contributed by atoms with Crippen LogP contribution in [0.15, 0.2) is 55.0 Å². The minimum Gasteiger partial charge on any atom is -0.477 e. The van der Waals surface area contributed by atoms with E-state index in [4.69, 9.17) is 4.74 Å². The van der Waals surface area contributed by atoms with Gasteiger partial charge in [-0.1, -0.05) is 30.3 Å². The van der Waals surface area contributed by atoms with Crippen LogP contribution in [-0.4, -0.2) is 34.1 Å². The third-order valence-corrected chi connectivity index (χ3v) is 3.52. The normalized spacial score (nSPS) is 11.1. The molecule has 7 heteroatoms. The lowest BCUT2D eigenvalue weighted by atomic mass is 10.2. The molecular weight excluding hydrogens is 323 g/mol. The van der Waals surface area contributed by atoms with E-state index in [1.807, 2.05) is 30.3 Å². The summed E-state index contributed by atoms with van der Waals surface area (Å²) in [6.45, 7) is -0.255. The summed E-state index contributed by atoms with van der Waals surface area (Å²) in [5.74, 6) is -0.0513. The highest BCUT2D eigenvalue weighted by atomic mass is 19.1. The first-order valence-corrected chi connectivity index (χ1v) is 7.80. The Kier molecular flexibility index (Phi) is 5.36. The molecule has 0 saturated carbocycles. The lowest BCUT2D eigenvalue weighted by molar-refractivity contribution is -0.111. The van der Waals surface area contributed by atoms with Crippen molar-refractivity contribution in [3.63, 3.8) is 0 Å². The molecule has 2 aromatic heterocycles. The molecule has 0 spiro atoms. The first kappa shape index (κ1) is 16.6. The predicted molar refractivity (Wildman–Crippen MR) is 93.3 cm³/mol. The van der Waals surface area contributed by atoms with Crippen LogP contribution in [0, 0.1) is 0 Å². The molecule has 0 atom stereocenters. The Morgan fingerprint density at radius 2 is 2.12 bits per heavy atom. The SMILES string of the molecule is O=C(/C=C/CF)Nc1c[nH]c2ncnc(OCCc3ccccc3)c12. The predicted octanol–water partition coefficient (Wildman–Crippen LogP) is 3.04. The van der Waals surface area contributed by atoms with Crippen molar-refractivity contribution in [3.8, 4) is 5.88 Å². The number of aromatic amines is 1. The maximum absolute atomic E-state index is 12.1. The Labute approximate surface area is 143 Å². The Morgan fingerprint density at radius 3 is 2.92 bits per heavy atom. The van der Waals surface area contributed by atoms with Gasteiger partial charge in [0.15, 0.2) is 0 Å². The van der Waals surface area contributed by atoms with Crippen LogP contribution in [0.3, 0.4) is 0 Å². The summed E-state index contributed by atoms with van der Waals surface area (Å²) >= 11 is 0. The maximum atomic E-state index is 12.1. The van der Waals surface area contributed by atoms with E-state index in [2.05, 4.69) is 20.3 Å². The number of anilines is 1. The highest BCUT2D eigenvalue weighted by Gasteiger charge is 2.13. The molecule has 6 nitrogen and oxygen atoms in total. The lowest BCUT2D eigenvalue weighted by Gasteiger charge is -2.08. The number of rotatable bonds is 7. The van der Waals surface area contributed by atoms with Crippen molar-refractivity contribution in [3.05, 3.63) is 60.6 Å². The van der Waals surface area contributed by atoms with Crippen molar-refractivity contribution in [2.24, 2.45) is 0 Å². The summed E-state index contributed by atoms with van der Waals surface area (Å²) in [7, 11) is 0. The molecule has 25 heavy (non-hydrogen) atoms. The topological polar surface area (TPSA) is 79.9 Å². The van der Waals surface area contributed by atoms with Gasteiger partial charge in [-0.05, 0) is 11.6 Å². The van der Waals surface area contributed by atoms with Gasteiger partial charge in [-0.2, -0.15) is 0 Å². The second-order valence-electron chi connectivity index (χ2n) is 5.23. The van der Waals surface area contributed by atoms with Crippen molar-refractivity contribution in [2.45, 2.75) is 6.42 Å². The van der Waals surface area contributed by atoms with Gasteiger partial charge in [-0.25, -0.2) is 14.4 Å². The fourth-order valence-electron chi connectivity index (χ4n) is 2.38. The number of benzene rings is 1. The summed E-state index contributed by atoms with van der Waals surface area (Å²) < 4.78 is 17.9. The van der Waals surface area contributed by atoms with Crippen molar-refractivity contribution in [1.29, 1.82) is 0 Å². The van der Waals surface area contributed by atoms with Gasteiger partial charge in [0.2, 0.25) is 11.8 Å². The number of H-pyrrole nitrogens is 1. The van der Waals surface area contributed by atoms with Crippen LogP contribution in [0.2, 0.25) is 0 Å². The molecule has 0 bridgehead atoms. The molecule has 3 aromatic rings. The molecule has 0 fully saturated rings. The Hall–Kier alpha value is -3.22. The number of amides is 1. The van der Waals surface area contributed by atoms with E-state index >= 15 is 0 Å². The van der Waals surface area contributed by atoms with Crippen LogP contribution in [0.25, 0.3) is 11.0 Å². The molecule has 0 aliphatic heterocycles. The van der Waals surface area contributed by atoms with E-state index in [-0.39, 0.29) is 0 Å². The molecule has 0 radical (unpaired) electrons. The minimum absolute atomic E-state index is 0.381. The fraction of sp³-hybridized carbons (Fsp3) is 0.167. The van der Waals surface area contributed by atoms with E-state index < -0.39 is 12.6 Å². The molecule has 0 saturated heterocycles. The number of ether oxygens (including phenoxy) is 1. The minimum atomic E-state index is -0.696. The average molecular weight is 340 g/mol. The van der Waals surface area contributed by atoms with Crippen molar-refractivity contribution in [1.82, 2.24) is 15.0 Å². The quantitative estimate of drug-likeness (QED) is 0.648. The zero-order chi connectivity index (χ0) is 17.5. The van der Waals surface area contributed by atoms with Gasteiger partial charge in [0.05, 0.1) is 12.3 Å². The molecule has 0 aliphatic rings. The first-order valence-electron chi connectivity index (χ1n) is 7.80. The number of fused-ring (bicyclic) bond motifs is 1. The van der Waals surface area contributed by atoms with Crippen LogP contribution in [0.1, 0.15) is 5.56 Å². The van der Waals surface area contributed by atoms with Gasteiger partial charge in [0.1, 0.15) is 24.0 Å². The van der Waals surface area contributed by atoms with Gasteiger partial charge >= 0.3 is 0 Å². The molecule has 2 N–H and O–H groups in total. The number of aromatic nitrogens is 3. The number of carbonyl (C=O) groups is 1. The number of carbonyl (C=O) groups excluding carboxylic acids is 1. The van der Waals surface area contributed by atoms with E-state index in [0.29, 0.717) is 29.2 Å². The monoisotopic (exact) mass is 340 g/mol. The maximum Gasteiger partial charge on any atom is 0.248 e. The Balaban J connectivity index is 1.75. The van der Waals surface area contributed by atoms with E-state index in [0.717, 1.165) is 24.1 Å². The highest BCUT2D eigenvalue weighted by Crippen LogP contribution is 2.29. The third-order valence-electron chi connectivity index (χ3n) is 3.52. The van der Waals surface area contributed by atoms with E-state index in [1.54, 1.807) is 6.20 Å². The molecule has 2 heterocycles. The summed E-state index contributed by atoms with van der Waals surface area (Å²) in [4.78, 5) is 23.0. The summed E-state index contributed by atoms with van der Waals surface area (Å²) in [6.07, 6.45) is 6.00. The standard InChI is InChI=1S/C18H17FN4O2/c19-9-4-7-15(24)23-14-11-20-17-16(14)18(22-12-21-17)25-10-8-13-5-2-1-3-6-13/h1-7,11-12H,8-10H2,(H,23,24)(H,20,21,22)/b7-4+. The van der Waals surface area contributed by atoms with E-state index in [1.165, 1.54) is 6.33 Å². The van der Waals surface area contributed by atoms with Crippen molar-refractivity contribution >= 4 is 22.6 Å². The number of hydrogen-bond acceptors (Lipinski definition) is 4. The molecule has 3 rings (SSSR count). The zero-order valence-corrected chi connectivity index (χ0v) is 13.4. The molecule has 128 valence electrons. The lowest BCUT2D eigenvalue weighted by Crippen LogP contribution is -2.08. The zero-order valence-electron chi connectivity index (χ0n) is 13.4. The highest BCUT2D eigenvalue weighted by molar-refractivity contribution is 6.06.